The molecule has 0 radical (unpaired) electrons. The molecule has 2 heterocycles. The van der Waals surface area contributed by atoms with Crippen molar-refractivity contribution in [2.75, 3.05) is 51.8 Å². The van der Waals surface area contributed by atoms with Gasteiger partial charge in [-0.3, -0.25) is 19.5 Å². The number of carbonyl (C=O) groups is 2. The molecule has 1 saturated heterocycles. The van der Waals surface area contributed by atoms with Crippen LogP contribution in [-0.4, -0.2) is 78.1 Å². The van der Waals surface area contributed by atoms with E-state index in [-0.39, 0.29) is 12.5 Å². The van der Waals surface area contributed by atoms with Crippen molar-refractivity contribution in [2.24, 2.45) is 5.73 Å². The van der Waals surface area contributed by atoms with E-state index in [4.69, 9.17) is 15.6 Å². The lowest BCUT2D eigenvalue weighted by atomic mass is 10.1. The number of fused-ring (bicyclic) bond motifs is 1. The molecule has 1 aliphatic heterocycles. The maximum atomic E-state index is 13.4. The Morgan fingerprint density at radius 2 is 1.76 bits per heavy atom. The Kier molecular flexibility index (Phi) is 10.9. The number of aliphatic hydroxyl groups is 1. The second kappa shape index (κ2) is 15.2. The molecule has 4 N–H and O–H groups in total. The van der Waals surface area contributed by atoms with E-state index in [1.54, 1.807) is 18.9 Å². The van der Waals surface area contributed by atoms with Gasteiger partial charge >= 0.3 is 0 Å². The highest BCUT2D eigenvalue weighted by molar-refractivity contribution is 7.99. The first-order valence-corrected chi connectivity index (χ1v) is 16.2. The average molecular weight is 628 g/mol. The predicted octanol–water partition coefficient (Wildman–Crippen LogP) is 5.86. The number of methoxy groups -OCH3 is 1. The van der Waals surface area contributed by atoms with Gasteiger partial charge in [0.1, 0.15) is 5.75 Å². The molecule has 5 rings (SSSR count). The summed E-state index contributed by atoms with van der Waals surface area (Å²) in [6.07, 6.45) is 5.70. The average Bonchev–Trinajstić information content (AvgIpc) is 3.05. The summed E-state index contributed by atoms with van der Waals surface area (Å²) in [7, 11) is 1.61. The summed E-state index contributed by atoms with van der Waals surface area (Å²) in [5, 5.41) is 13.1. The second-order valence-corrected chi connectivity index (χ2v) is 12.5. The zero-order valence-corrected chi connectivity index (χ0v) is 26.7. The highest BCUT2D eigenvalue weighted by Crippen LogP contribution is 2.37. The van der Waals surface area contributed by atoms with E-state index < -0.39 is 5.91 Å². The number of benzene rings is 3. The van der Waals surface area contributed by atoms with Crippen molar-refractivity contribution < 1.29 is 19.4 Å². The molecule has 0 aliphatic carbocycles. The highest BCUT2D eigenvalue weighted by atomic mass is 32.2. The van der Waals surface area contributed by atoms with Crippen molar-refractivity contribution in [3.8, 4) is 5.75 Å². The van der Waals surface area contributed by atoms with Crippen molar-refractivity contribution >= 4 is 45.9 Å². The number of aryl methyl sites for hydroxylation is 1. The van der Waals surface area contributed by atoms with E-state index in [1.807, 2.05) is 66.4 Å². The van der Waals surface area contributed by atoms with Crippen molar-refractivity contribution in [3.05, 3.63) is 83.6 Å². The summed E-state index contributed by atoms with van der Waals surface area (Å²) < 4.78 is 5.37. The molecule has 3 aromatic carbocycles. The van der Waals surface area contributed by atoms with Crippen LogP contribution in [0.3, 0.4) is 0 Å². The van der Waals surface area contributed by atoms with Gasteiger partial charge in [0.15, 0.2) is 0 Å². The lowest BCUT2D eigenvalue weighted by molar-refractivity contribution is 0.0634. The van der Waals surface area contributed by atoms with Gasteiger partial charge in [-0.2, -0.15) is 0 Å². The van der Waals surface area contributed by atoms with Crippen molar-refractivity contribution in [3.63, 3.8) is 0 Å². The van der Waals surface area contributed by atoms with Crippen LogP contribution in [0.4, 0.5) is 11.4 Å². The summed E-state index contributed by atoms with van der Waals surface area (Å²) in [6, 6.07) is 19.3. The van der Waals surface area contributed by atoms with Gasteiger partial charge in [-0.05, 0) is 74.3 Å². The van der Waals surface area contributed by atoms with Gasteiger partial charge in [-0.1, -0.05) is 36.7 Å². The first kappa shape index (κ1) is 32.3. The summed E-state index contributed by atoms with van der Waals surface area (Å²) in [6.45, 7) is 6.49. The number of anilines is 2. The smallest absolute Gasteiger partial charge is 0.253 e. The van der Waals surface area contributed by atoms with Gasteiger partial charge in [0, 0.05) is 71.5 Å². The van der Waals surface area contributed by atoms with Crippen LogP contribution in [0.25, 0.3) is 10.9 Å². The molecule has 236 valence electrons. The number of unbranched alkanes of at least 4 members (excludes halogenated alkanes) is 3. The lowest BCUT2D eigenvalue weighted by Gasteiger charge is -2.34. The number of nitrogens with zero attached hydrogens (tertiary/aromatic N) is 3. The molecular weight excluding hydrogens is 586 g/mol. The minimum absolute atomic E-state index is 0.0508. The summed E-state index contributed by atoms with van der Waals surface area (Å²) >= 11 is 1.56. The van der Waals surface area contributed by atoms with Gasteiger partial charge in [0.05, 0.1) is 23.9 Å². The van der Waals surface area contributed by atoms with Crippen LogP contribution in [0.5, 0.6) is 5.75 Å². The summed E-state index contributed by atoms with van der Waals surface area (Å²) in [5.41, 5.74) is 9.80. The Morgan fingerprint density at radius 3 is 2.51 bits per heavy atom. The number of ether oxygens (including phenoxy) is 1. The topological polar surface area (TPSA) is 121 Å². The maximum absolute atomic E-state index is 13.4. The number of nitrogens with one attached hydrogen (secondary N) is 1. The highest BCUT2D eigenvalue weighted by Gasteiger charge is 2.22. The monoisotopic (exact) mass is 627 g/mol. The first-order valence-electron chi connectivity index (χ1n) is 15.4. The van der Waals surface area contributed by atoms with Crippen LogP contribution in [0.2, 0.25) is 0 Å². The zero-order chi connectivity index (χ0) is 31.8. The number of aromatic nitrogens is 1. The number of piperazine rings is 1. The fourth-order valence-electron chi connectivity index (χ4n) is 5.66. The number of rotatable bonds is 13. The van der Waals surface area contributed by atoms with E-state index in [0.717, 1.165) is 90.4 Å². The maximum Gasteiger partial charge on any atom is 0.253 e. The Morgan fingerprint density at radius 1 is 0.978 bits per heavy atom. The minimum Gasteiger partial charge on any atom is -0.497 e. The predicted molar refractivity (Wildman–Crippen MR) is 180 cm³/mol. The fraction of sp³-hybridized carbons (Fsp3) is 0.343. The Hall–Kier alpha value is -4.12. The van der Waals surface area contributed by atoms with E-state index in [0.29, 0.717) is 22.6 Å². The van der Waals surface area contributed by atoms with Crippen LogP contribution >= 0.6 is 11.8 Å². The third-order valence-electron chi connectivity index (χ3n) is 8.10. The molecule has 10 heteroatoms. The van der Waals surface area contributed by atoms with E-state index in [1.165, 1.54) is 6.20 Å². The standard InChI is InChI=1S/C35H41N5O4S/c1-24-19-29(22-30-32(24)37-23-31(34(36)42)33(30)38-26-10-8-11-27(21-26)44-2)45-28-12-7-9-25(20-28)35(43)40-16-14-39(15-17-40)13-5-3-4-6-18-41/h7-12,19-23,41H,3-6,13-18H2,1-2H3,(H2,36,42)(H,37,38). The molecule has 0 saturated carbocycles. The van der Waals surface area contributed by atoms with Crippen molar-refractivity contribution in [2.45, 2.75) is 42.4 Å². The zero-order valence-electron chi connectivity index (χ0n) is 25.9. The van der Waals surface area contributed by atoms with Gasteiger partial charge in [-0.25, -0.2) is 0 Å². The molecule has 4 aromatic rings. The van der Waals surface area contributed by atoms with Gasteiger partial charge in [-0.15, -0.1) is 0 Å². The number of aliphatic hydroxyl groups excluding tert-OH is 1. The molecule has 0 bridgehead atoms. The molecule has 0 spiro atoms. The summed E-state index contributed by atoms with van der Waals surface area (Å²) in [5.74, 6) is 0.165. The molecule has 45 heavy (non-hydrogen) atoms. The molecule has 1 aliphatic rings. The molecule has 0 unspecified atom stereocenters. The largest absolute Gasteiger partial charge is 0.497 e. The number of amides is 2. The molecular formula is C35H41N5O4S. The molecule has 9 nitrogen and oxygen atoms in total. The molecule has 1 fully saturated rings. The SMILES string of the molecule is COc1cccc(Nc2c(C(N)=O)cnc3c(C)cc(Sc4cccc(C(=O)N5CCN(CCCCCCO)CC5)c4)cc23)c1. The minimum atomic E-state index is -0.574. The first-order chi connectivity index (χ1) is 21.9. The van der Waals surface area contributed by atoms with Crippen LogP contribution in [0, 0.1) is 6.92 Å². The Labute approximate surface area is 268 Å². The number of hydrogen-bond acceptors (Lipinski definition) is 8. The number of carbonyl (C=O) groups excluding carboxylic acids is 2. The summed E-state index contributed by atoms with van der Waals surface area (Å²) in [4.78, 5) is 36.7. The number of primary amides is 1. The third-order valence-corrected chi connectivity index (χ3v) is 9.06. The van der Waals surface area contributed by atoms with Crippen LogP contribution in [0.15, 0.2) is 76.7 Å². The number of hydrogen-bond donors (Lipinski definition) is 3. The Bertz CT molecular complexity index is 1650. The lowest BCUT2D eigenvalue weighted by Crippen LogP contribution is -2.48. The second-order valence-electron chi connectivity index (χ2n) is 11.3. The van der Waals surface area contributed by atoms with Crippen LogP contribution in [-0.2, 0) is 0 Å². The quantitative estimate of drug-likeness (QED) is 0.158. The number of pyridine rings is 1. The van der Waals surface area contributed by atoms with Gasteiger partial charge in [0.2, 0.25) is 0 Å². The van der Waals surface area contributed by atoms with E-state index in [2.05, 4.69) is 21.3 Å². The van der Waals surface area contributed by atoms with E-state index >= 15 is 0 Å². The Balaban J connectivity index is 1.33. The third kappa shape index (κ3) is 8.13. The van der Waals surface area contributed by atoms with Gasteiger partial charge in [0.25, 0.3) is 11.8 Å². The molecule has 1 aromatic heterocycles. The van der Waals surface area contributed by atoms with Crippen LogP contribution < -0.4 is 15.8 Å². The van der Waals surface area contributed by atoms with E-state index in [9.17, 15) is 9.59 Å². The normalized spacial score (nSPS) is 13.6. The number of nitrogens with two attached hydrogens (primary N) is 1. The van der Waals surface area contributed by atoms with Crippen LogP contribution in [0.1, 0.15) is 52.0 Å². The molecule has 0 atom stereocenters. The van der Waals surface area contributed by atoms with Crippen molar-refractivity contribution in [1.82, 2.24) is 14.8 Å². The fourth-order valence-corrected chi connectivity index (χ4v) is 6.68. The molecule has 2 amide bonds. The van der Waals surface area contributed by atoms with Gasteiger partial charge < -0.3 is 25.8 Å². The van der Waals surface area contributed by atoms with Crippen molar-refractivity contribution in [1.29, 1.82) is 0 Å².